The van der Waals surface area contributed by atoms with Gasteiger partial charge in [0.1, 0.15) is 10.6 Å². The molecule has 2 aromatic carbocycles. The number of methoxy groups -OCH3 is 1. The topological polar surface area (TPSA) is 84.4 Å². The first-order chi connectivity index (χ1) is 15.0. The van der Waals surface area contributed by atoms with Crippen LogP contribution in [0.25, 0.3) is 0 Å². The van der Waals surface area contributed by atoms with E-state index >= 15 is 0 Å². The van der Waals surface area contributed by atoms with Gasteiger partial charge in [-0.05, 0) is 37.4 Å². The summed E-state index contributed by atoms with van der Waals surface area (Å²) in [6, 6.07) is 6.88. The molecule has 0 fully saturated rings. The number of nitrogens with zero attached hydrogens (tertiary/aromatic N) is 3. The number of halogens is 5. The molecule has 1 aromatic heterocycles. The third kappa shape index (κ3) is 4.76. The van der Waals surface area contributed by atoms with Gasteiger partial charge < -0.3 is 4.74 Å². The molecule has 0 radical (unpaired) electrons. The van der Waals surface area contributed by atoms with Crippen molar-refractivity contribution in [2.24, 2.45) is 0 Å². The largest absolute Gasteiger partial charge is 0.495 e. The van der Waals surface area contributed by atoms with Gasteiger partial charge in [0.15, 0.2) is 5.82 Å². The SMILES string of the molecule is CNS(=O)(=O)c1ccc(N(c2ccc(C(F)(F)F)c(Cl)c2)c2ncc(F)cn2)cc1OC. The average Bonchev–Trinajstić information content (AvgIpc) is 2.74. The maximum absolute atomic E-state index is 13.4. The summed E-state index contributed by atoms with van der Waals surface area (Å²) >= 11 is 5.86. The molecule has 3 aromatic rings. The Kier molecular flexibility index (Phi) is 6.58. The molecule has 0 amide bonds. The molecule has 1 heterocycles. The second kappa shape index (κ2) is 8.88. The molecular weight excluding hydrogens is 476 g/mol. The number of anilines is 3. The molecule has 0 spiro atoms. The minimum atomic E-state index is -4.67. The Hall–Kier alpha value is -2.96. The van der Waals surface area contributed by atoms with Crippen molar-refractivity contribution in [3.8, 4) is 5.75 Å². The molecule has 170 valence electrons. The average molecular weight is 491 g/mol. The number of alkyl halides is 3. The lowest BCUT2D eigenvalue weighted by molar-refractivity contribution is -0.137. The zero-order valence-electron chi connectivity index (χ0n) is 16.5. The van der Waals surface area contributed by atoms with Gasteiger partial charge in [-0.25, -0.2) is 27.5 Å². The van der Waals surface area contributed by atoms with E-state index in [1.807, 2.05) is 0 Å². The van der Waals surface area contributed by atoms with Crippen LogP contribution in [0, 0.1) is 5.82 Å². The molecule has 0 aliphatic carbocycles. The van der Waals surface area contributed by atoms with Gasteiger partial charge in [0, 0.05) is 6.07 Å². The maximum atomic E-state index is 13.4. The first kappa shape index (κ1) is 23.7. The van der Waals surface area contributed by atoms with Crippen LogP contribution in [0.1, 0.15) is 5.56 Å². The second-order valence-electron chi connectivity index (χ2n) is 6.24. The Morgan fingerprint density at radius 3 is 2.19 bits per heavy atom. The zero-order valence-corrected chi connectivity index (χ0v) is 18.1. The van der Waals surface area contributed by atoms with Gasteiger partial charge in [0.05, 0.1) is 41.5 Å². The molecule has 1 N–H and O–H groups in total. The highest BCUT2D eigenvalue weighted by molar-refractivity contribution is 7.89. The molecular formula is C19H15ClF4N4O3S. The number of sulfonamides is 1. The molecule has 3 rings (SSSR count). The van der Waals surface area contributed by atoms with E-state index in [1.54, 1.807) is 0 Å². The Morgan fingerprint density at radius 1 is 1.06 bits per heavy atom. The maximum Gasteiger partial charge on any atom is 0.417 e. The summed E-state index contributed by atoms with van der Waals surface area (Å²) in [5.74, 6) is -0.886. The molecule has 13 heteroatoms. The molecule has 0 aliphatic rings. The van der Waals surface area contributed by atoms with E-state index in [0.717, 1.165) is 30.6 Å². The monoisotopic (exact) mass is 490 g/mol. The predicted octanol–water partition coefficient (Wildman–Crippen LogP) is 4.67. The summed E-state index contributed by atoms with van der Waals surface area (Å²) in [5.41, 5.74) is -0.712. The van der Waals surface area contributed by atoms with Crippen LogP contribution in [0.15, 0.2) is 53.7 Å². The normalized spacial score (nSPS) is 12.0. The van der Waals surface area contributed by atoms with Crippen LogP contribution in [0.4, 0.5) is 34.9 Å². The lowest BCUT2D eigenvalue weighted by Gasteiger charge is -2.24. The van der Waals surface area contributed by atoms with Gasteiger partial charge in [-0.15, -0.1) is 0 Å². The van der Waals surface area contributed by atoms with Crippen LogP contribution >= 0.6 is 11.6 Å². The van der Waals surface area contributed by atoms with Crippen LogP contribution in [-0.4, -0.2) is 32.5 Å². The number of hydrogen-bond acceptors (Lipinski definition) is 6. The summed E-state index contributed by atoms with van der Waals surface area (Å²) in [7, 11) is -1.39. The second-order valence-corrected chi connectivity index (χ2v) is 8.50. The quantitative estimate of drug-likeness (QED) is 0.505. The molecule has 0 saturated carbocycles. The van der Waals surface area contributed by atoms with Gasteiger partial charge >= 0.3 is 6.18 Å². The van der Waals surface area contributed by atoms with Crippen LogP contribution in [0.5, 0.6) is 5.75 Å². The van der Waals surface area contributed by atoms with Crippen LogP contribution in [0.2, 0.25) is 5.02 Å². The number of ether oxygens (including phenoxy) is 1. The van der Waals surface area contributed by atoms with Crippen molar-refractivity contribution in [1.82, 2.24) is 14.7 Å². The lowest BCUT2D eigenvalue weighted by Crippen LogP contribution is -2.20. The summed E-state index contributed by atoms with van der Waals surface area (Å²) in [6.07, 6.45) is -2.92. The number of nitrogens with one attached hydrogen (secondary N) is 1. The van der Waals surface area contributed by atoms with Crippen molar-refractivity contribution in [3.05, 3.63) is 65.2 Å². The van der Waals surface area contributed by atoms with Gasteiger partial charge in [0.25, 0.3) is 0 Å². The van der Waals surface area contributed by atoms with Crippen molar-refractivity contribution >= 4 is 38.9 Å². The first-order valence-electron chi connectivity index (χ1n) is 8.74. The predicted molar refractivity (Wildman–Crippen MR) is 109 cm³/mol. The van der Waals surface area contributed by atoms with Crippen LogP contribution in [0.3, 0.4) is 0 Å². The number of hydrogen-bond donors (Lipinski definition) is 1. The van der Waals surface area contributed by atoms with Crippen LogP contribution < -0.4 is 14.4 Å². The fraction of sp³-hybridized carbons (Fsp3) is 0.158. The highest BCUT2D eigenvalue weighted by Crippen LogP contribution is 2.41. The summed E-state index contributed by atoms with van der Waals surface area (Å²) < 4.78 is 84.5. The Labute approximate surface area is 185 Å². The number of rotatable bonds is 6. The number of aromatic nitrogens is 2. The van der Waals surface area contributed by atoms with Gasteiger partial charge in [-0.3, -0.25) is 4.90 Å². The van der Waals surface area contributed by atoms with Crippen molar-refractivity contribution in [3.63, 3.8) is 0 Å². The Morgan fingerprint density at radius 2 is 1.66 bits per heavy atom. The fourth-order valence-electron chi connectivity index (χ4n) is 2.80. The smallest absolute Gasteiger partial charge is 0.417 e. The zero-order chi connectivity index (χ0) is 23.7. The molecule has 32 heavy (non-hydrogen) atoms. The highest BCUT2D eigenvalue weighted by Gasteiger charge is 2.33. The minimum absolute atomic E-state index is 0.0537. The van der Waals surface area contributed by atoms with E-state index in [0.29, 0.717) is 0 Å². The molecule has 0 saturated heterocycles. The van der Waals surface area contributed by atoms with E-state index in [-0.39, 0.29) is 28.0 Å². The van der Waals surface area contributed by atoms with E-state index in [9.17, 15) is 26.0 Å². The van der Waals surface area contributed by atoms with Gasteiger partial charge in [0.2, 0.25) is 16.0 Å². The van der Waals surface area contributed by atoms with E-state index in [4.69, 9.17) is 16.3 Å². The molecule has 0 aliphatic heterocycles. The van der Waals surface area contributed by atoms with Crippen molar-refractivity contribution < 1.29 is 30.7 Å². The van der Waals surface area contributed by atoms with Gasteiger partial charge in [-0.1, -0.05) is 11.6 Å². The van der Waals surface area contributed by atoms with Crippen molar-refractivity contribution in [1.29, 1.82) is 0 Å². The van der Waals surface area contributed by atoms with Crippen molar-refractivity contribution in [2.45, 2.75) is 11.1 Å². The third-order valence-corrected chi connectivity index (χ3v) is 6.05. The highest BCUT2D eigenvalue weighted by atomic mass is 35.5. The minimum Gasteiger partial charge on any atom is -0.495 e. The summed E-state index contributed by atoms with van der Waals surface area (Å²) in [4.78, 5) is 8.85. The fourth-order valence-corrected chi connectivity index (χ4v) is 3.96. The lowest BCUT2D eigenvalue weighted by atomic mass is 10.1. The first-order valence-corrected chi connectivity index (χ1v) is 10.6. The number of benzene rings is 2. The van der Waals surface area contributed by atoms with E-state index in [2.05, 4.69) is 14.7 Å². The van der Waals surface area contributed by atoms with Crippen LogP contribution in [-0.2, 0) is 16.2 Å². The molecule has 0 atom stereocenters. The van der Waals surface area contributed by atoms with E-state index < -0.39 is 32.6 Å². The molecule has 0 bridgehead atoms. The molecule has 7 nitrogen and oxygen atoms in total. The third-order valence-electron chi connectivity index (χ3n) is 4.29. The summed E-state index contributed by atoms with van der Waals surface area (Å²) in [6.45, 7) is 0. The standard InChI is InChI=1S/C19H15ClF4N4O3S/c1-25-32(29,30)17-6-4-13(8-16(17)31-2)28(18-26-9-11(21)10-27-18)12-3-5-14(15(20)7-12)19(22,23)24/h3-10,25H,1-2H3. The Bertz CT molecular complexity index is 1240. The Balaban J connectivity index is 2.21. The van der Waals surface area contributed by atoms with Gasteiger partial charge in [-0.2, -0.15) is 13.2 Å². The van der Waals surface area contributed by atoms with E-state index in [1.165, 1.54) is 37.3 Å². The molecule has 0 unspecified atom stereocenters. The van der Waals surface area contributed by atoms with Crippen molar-refractivity contribution in [2.75, 3.05) is 19.1 Å². The summed E-state index contributed by atoms with van der Waals surface area (Å²) in [5, 5.41) is -0.580.